The highest BCUT2D eigenvalue weighted by Crippen LogP contribution is 2.19. The number of carbonyl (C=O) groups excluding carboxylic acids is 2. The second-order valence-corrected chi connectivity index (χ2v) is 10.6. The van der Waals surface area contributed by atoms with E-state index in [-0.39, 0.29) is 33.1 Å². The highest BCUT2D eigenvalue weighted by Gasteiger charge is 2.19. The van der Waals surface area contributed by atoms with E-state index >= 15 is 0 Å². The van der Waals surface area contributed by atoms with Crippen LogP contribution in [0.25, 0.3) is 10.8 Å². The van der Waals surface area contributed by atoms with Crippen LogP contribution in [0.3, 0.4) is 0 Å². The molecule has 14 heteroatoms. The number of hydrogen-bond acceptors (Lipinski definition) is 10. The highest BCUT2D eigenvalue weighted by molar-refractivity contribution is 7.12. The molecular weight excluding hydrogens is 672 g/mol. The van der Waals surface area contributed by atoms with Crippen molar-refractivity contribution in [1.82, 2.24) is 0 Å². The van der Waals surface area contributed by atoms with Gasteiger partial charge in [0.15, 0.2) is 0 Å². The number of fused-ring (bicyclic) bond motifs is 1. The third-order valence-electron chi connectivity index (χ3n) is 6.34. The quantitative estimate of drug-likeness (QED) is 0.0924. The number of benzene rings is 4. The number of thiophene rings is 1. The molecule has 4 N–H and O–H groups in total. The molecule has 0 atom stereocenters. The van der Waals surface area contributed by atoms with Gasteiger partial charge >= 0.3 is 35.8 Å². The van der Waals surface area contributed by atoms with Gasteiger partial charge in [0.1, 0.15) is 16.4 Å². The molecule has 2 heterocycles. The first-order chi connectivity index (χ1) is 23.9. The Kier molecular flexibility index (Phi) is 11.9. The molecule has 50 heavy (non-hydrogen) atoms. The van der Waals surface area contributed by atoms with Gasteiger partial charge < -0.3 is 34.3 Å². The van der Waals surface area contributed by atoms with Crippen LogP contribution in [0.15, 0.2) is 125 Å². The lowest BCUT2D eigenvalue weighted by molar-refractivity contribution is 0.0656. The Morgan fingerprint density at radius 1 is 0.500 bits per heavy atom. The molecule has 6 aromatic rings. The molecule has 0 spiro atoms. The minimum absolute atomic E-state index is 0.0751. The number of ether oxygens (including phenoxy) is 2. The van der Waals surface area contributed by atoms with E-state index in [1.807, 2.05) is 12.1 Å². The number of carbonyl (C=O) groups is 6. The number of esters is 2. The zero-order chi connectivity index (χ0) is 36.2. The van der Waals surface area contributed by atoms with Crippen molar-refractivity contribution < 1.29 is 63.1 Å². The fourth-order valence-electron chi connectivity index (χ4n) is 4.00. The van der Waals surface area contributed by atoms with Crippen molar-refractivity contribution >= 4 is 57.9 Å². The van der Waals surface area contributed by atoms with Crippen LogP contribution in [0.1, 0.15) is 61.9 Å². The third-order valence-corrected chi connectivity index (χ3v) is 7.24. The summed E-state index contributed by atoms with van der Waals surface area (Å²) in [5.41, 5.74) is 0.230. The summed E-state index contributed by atoms with van der Waals surface area (Å²) in [4.78, 5) is 65.9. The van der Waals surface area contributed by atoms with Crippen molar-refractivity contribution in [3.8, 4) is 11.5 Å². The van der Waals surface area contributed by atoms with Crippen LogP contribution < -0.4 is 9.47 Å². The molecule has 13 nitrogen and oxygen atoms in total. The van der Waals surface area contributed by atoms with Crippen molar-refractivity contribution in [2.75, 3.05) is 0 Å². The molecule has 0 aliphatic heterocycles. The predicted octanol–water partition coefficient (Wildman–Crippen LogP) is 7.10. The topological polar surface area (TPSA) is 215 Å². The monoisotopic (exact) mass is 696 g/mol. The zero-order valence-electron chi connectivity index (χ0n) is 25.4. The van der Waals surface area contributed by atoms with Gasteiger partial charge in [-0.05, 0) is 82.9 Å². The maximum Gasteiger partial charge on any atom is 0.379 e. The number of carboxylic acids is 4. The standard InChI is InChI=1S/C18H12O5.C12H8O4.C6H4O4S/c19-17(21-13-7-3-1-4-8-13)15-11-12-16(23-15)18(20)22-14-9-5-2-6-10-14;13-11(14)9-3-1-7-5-10(12(15)16)4-2-8(7)6-9;7-5(8)3-1-2-11-4(3)6(9)10/h1-12H;1-6H,(H,13,14)(H,15,16);1-2H,(H,7,8)(H,9,10). The lowest BCUT2D eigenvalue weighted by Crippen LogP contribution is -2.09. The maximum atomic E-state index is 11.9. The molecule has 0 saturated carbocycles. The first-order valence-corrected chi connectivity index (χ1v) is 15.0. The summed E-state index contributed by atoms with van der Waals surface area (Å²) in [5, 5.41) is 37.3. The fourth-order valence-corrected chi connectivity index (χ4v) is 4.73. The van der Waals surface area contributed by atoms with E-state index in [2.05, 4.69) is 0 Å². The Morgan fingerprint density at radius 2 is 0.940 bits per heavy atom. The van der Waals surface area contributed by atoms with Gasteiger partial charge in [-0.3, -0.25) is 0 Å². The van der Waals surface area contributed by atoms with Gasteiger partial charge in [0.05, 0.1) is 16.7 Å². The van der Waals surface area contributed by atoms with Crippen LogP contribution in [0.2, 0.25) is 0 Å². The van der Waals surface area contributed by atoms with Crippen LogP contribution in [-0.2, 0) is 0 Å². The van der Waals surface area contributed by atoms with Crippen LogP contribution in [0, 0.1) is 0 Å². The Hall–Kier alpha value is -7.06. The summed E-state index contributed by atoms with van der Waals surface area (Å²) in [6, 6.07) is 30.3. The van der Waals surface area contributed by atoms with E-state index in [9.17, 15) is 28.8 Å². The molecule has 0 amide bonds. The lowest BCUT2D eigenvalue weighted by Gasteiger charge is -2.02. The minimum atomic E-state index is -1.20. The number of carboxylic acid groups (broad SMARTS) is 4. The maximum absolute atomic E-state index is 11.9. The van der Waals surface area contributed by atoms with Gasteiger partial charge in [0.2, 0.25) is 11.5 Å². The van der Waals surface area contributed by atoms with Crippen molar-refractivity contribution in [1.29, 1.82) is 0 Å². The number of para-hydroxylation sites is 2. The molecule has 0 radical (unpaired) electrons. The molecule has 4 aromatic carbocycles. The SMILES string of the molecule is O=C(O)c1ccc2cc(C(=O)O)ccc2c1.O=C(O)c1ccsc1C(=O)O.O=C(Oc1ccccc1)c1ccc(C(=O)Oc2ccccc2)o1. The molecule has 0 aliphatic rings. The number of furan rings is 1. The van der Waals surface area contributed by atoms with Crippen molar-refractivity contribution in [3.63, 3.8) is 0 Å². The smallest absolute Gasteiger partial charge is 0.379 e. The van der Waals surface area contributed by atoms with Gasteiger partial charge in [-0.25, -0.2) is 28.8 Å². The Bertz CT molecular complexity index is 2020. The molecule has 252 valence electrons. The Balaban J connectivity index is 0.000000181. The van der Waals surface area contributed by atoms with Gasteiger partial charge in [0, 0.05) is 0 Å². The van der Waals surface area contributed by atoms with Gasteiger partial charge in [0.25, 0.3) is 0 Å². The minimum Gasteiger partial charge on any atom is -0.478 e. The predicted molar refractivity (Wildman–Crippen MR) is 178 cm³/mol. The van der Waals surface area contributed by atoms with E-state index in [1.165, 1.54) is 47.8 Å². The second kappa shape index (κ2) is 16.7. The van der Waals surface area contributed by atoms with Crippen LogP contribution in [0.5, 0.6) is 11.5 Å². The normalized spacial score (nSPS) is 10.0. The number of aromatic carboxylic acids is 4. The first kappa shape index (κ1) is 35.8. The van der Waals surface area contributed by atoms with Crippen LogP contribution in [0.4, 0.5) is 0 Å². The average Bonchev–Trinajstić information content (AvgIpc) is 3.81. The van der Waals surface area contributed by atoms with Gasteiger partial charge in [-0.1, -0.05) is 48.5 Å². The molecule has 6 rings (SSSR count). The van der Waals surface area contributed by atoms with Crippen LogP contribution >= 0.6 is 11.3 Å². The summed E-state index contributed by atoms with van der Waals surface area (Å²) in [6.07, 6.45) is 0. The molecule has 0 bridgehead atoms. The second-order valence-electron chi connectivity index (χ2n) is 9.73. The van der Waals surface area contributed by atoms with Crippen molar-refractivity contribution in [3.05, 3.63) is 154 Å². The van der Waals surface area contributed by atoms with E-state index < -0.39 is 35.8 Å². The largest absolute Gasteiger partial charge is 0.478 e. The van der Waals surface area contributed by atoms with Crippen molar-refractivity contribution in [2.24, 2.45) is 0 Å². The highest BCUT2D eigenvalue weighted by atomic mass is 32.1. The Morgan fingerprint density at radius 3 is 1.30 bits per heavy atom. The summed E-state index contributed by atoms with van der Waals surface area (Å²) in [7, 11) is 0. The molecular formula is C36H24O13S. The summed E-state index contributed by atoms with van der Waals surface area (Å²) in [6.45, 7) is 0. The van der Waals surface area contributed by atoms with Gasteiger partial charge in [-0.15, -0.1) is 11.3 Å². The summed E-state index contributed by atoms with van der Waals surface area (Å²) < 4.78 is 15.5. The summed E-state index contributed by atoms with van der Waals surface area (Å²) >= 11 is 0.906. The van der Waals surface area contributed by atoms with Crippen molar-refractivity contribution in [2.45, 2.75) is 0 Å². The Labute approximate surface area is 285 Å². The molecule has 2 aromatic heterocycles. The number of hydrogen-bond donors (Lipinski definition) is 4. The lowest BCUT2D eigenvalue weighted by atomic mass is 10.0. The van der Waals surface area contributed by atoms with Gasteiger partial charge in [-0.2, -0.15) is 0 Å². The molecule has 0 saturated heterocycles. The van der Waals surface area contributed by atoms with Crippen LogP contribution in [-0.4, -0.2) is 56.2 Å². The van der Waals surface area contributed by atoms with E-state index in [0.717, 1.165) is 11.3 Å². The third kappa shape index (κ3) is 9.73. The number of rotatable bonds is 8. The fraction of sp³-hybridized carbons (Fsp3) is 0. The van der Waals surface area contributed by atoms with E-state index in [4.69, 9.17) is 34.3 Å². The molecule has 0 fully saturated rings. The average molecular weight is 697 g/mol. The molecule has 0 unspecified atom stereocenters. The van der Waals surface area contributed by atoms with E-state index in [1.54, 1.807) is 60.7 Å². The summed E-state index contributed by atoms with van der Waals surface area (Å²) in [5.74, 6) is -5.13. The first-order valence-electron chi connectivity index (χ1n) is 14.1. The molecule has 0 aliphatic carbocycles. The zero-order valence-corrected chi connectivity index (χ0v) is 26.2. The van der Waals surface area contributed by atoms with E-state index in [0.29, 0.717) is 22.3 Å².